The maximum Gasteiger partial charge on any atom is 0.437 e. The maximum atomic E-state index is 12.7. The smallest absolute Gasteiger partial charge is 0.437 e. The molecule has 0 bridgehead atoms. The van der Waals surface area contributed by atoms with Gasteiger partial charge in [-0.05, 0) is 98.0 Å². The number of ether oxygens (including phenoxy) is 3. The summed E-state index contributed by atoms with van der Waals surface area (Å²) in [6.45, 7) is 1.95. The predicted octanol–water partition coefficient (Wildman–Crippen LogP) is 7.80. The summed E-state index contributed by atoms with van der Waals surface area (Å²) >= 11 is 0. The van der Waals surface area contributed by atoms with Crippen LogP contribution < -0.4 is 10.6 Å². The fraction of sp³-hybridized carbons (Fsp3) is 0.667. The number of hydrogen-bond acceptors (Lipinski definition) is 10. The van der Waals surface area contributed by atoms with Crippen molar-refractivity contribution in [1.82, 2.24) is 20.4 Å². The van der Waals surface area contributed by atoms with Crippen LogP contribution in [0.4, 0.5) is 4.79 Å². The number of amides is 3. The number of guanidine groups is 2. The zero-order valence-electron chi connectivity index (χ0n) is 42.2. The van der Waals surface area contributed by atoms with Crippen LogP contribution in [0, 0.1) is 36.5 Å². The molecule has 1 aromatic carbocycles. The maximum absolute atomic E-state index is 12.7. The summed E-state index contributed by atoms with van der Waals surface area (Å²) in [6.07, 6.45) is 15.2. The van der Waals surface area contributed by atoms with Gasteiger partial charge in [0.15, 0.2) is 5.96 Å². The molecule has 1 aromatic rings. The summed E-state index contributed by atoms with van der Waals surface area (Å²) < 4.78 is 62.4. The van der Waals surface area contributed by atoms with Gasteiger partial charge in [-0.25, -0.2) is 4.79 Å². The largest absolute Gasteiger partial charge is 0.458 e. The Bertz CT molecular complexity index is 1710. The van der Waals surface area contributed by atoms with Crippen LogP contribution in [0.5, 0.6) is 0 Å². The fourth-order valence-electron chi connectivity index (χ4n) is 5.79. The molecular weight excluding hydrogens is 1010 g/mol. The molecule has 3 amide bonds. The quantitative estimate of drug-likeness (QED) is 0.128. The van der Waals surface area contributed by atoms with Crippen molar-refractivity contribution >= 4 is 41.8 Å². The summed E-state index contributed by atoms with van der Waals surface area (Å²) in [7, 11) is 0. The number of likely N-dealkylation sites (N-methyl/N-ethyl adjacent to an activating group) is 2. The molecule has 15 nitrogen and oxygen atoms in total. The number of cyclic esters (lactones) is 2. The standard InChI is InChI=1S/C25H35N3O5.C17H31N3O3.C2H6O.CH4.U/c1-25(2)17-13-8-6-4-5-7-12-16-21(29)26-23(28(3)18-22(30)33-25)27-24(31)32-19-20-14-10-9-11-15-20;1-17(2)12-10-8-6-4-5-7-9-11-14(21)19-16(18)20(3)13-15(22)23-17;1-2-3;;/h4,6,9-11,14-15H,5,7-8,12-13,16-19H2,1-3H3,(H,26,27,29,31);4-13H2,1-3H3,(H2,18,19,21);3H,2H2,1H3;1H4;/b6-4+;;;;/i2*3D3;;;. The number of aliphatic imine (C=N–C) groups is 1. The number of benzene rings is 1. The summed E-state index contributed by atoms with van der Waals surface area (Å²) in [6, 6.07) is 8.86. The Kier molecular flexibility index (Phi) is 26.8. The first-order valence-corrected chi connectivity index (χ1v) is 20.6. The van der Waals surface area contributed by atoms with Gasteiger partial charge in [0.25, 0.3) is 0 Å². The molecule has 0 spiro atoms. The van der Waals surface area contributed by atoms with E-state index in [-0.39, 0.29) is 64.6 Å². The SMILES string of the molecule is C.CCO.[2H]C([2H])([2H])N1CC(=O)OC(C)(C)CCC/C=C/CCCCC(=O)NC1=NC(=O)OCc1ccccc1.[2H]C([2H])([2H])N1CC(=O)OC(C)(C)CCCCCCCCCC(=O)NC1=N.[U]. The average Bonchev–Trinajstić information content (AvgIpc) is 3.19. The second kappa shape index (κ2) is 33.8. The molecule has 1 fully saturated rings. The number of hydrogen-bond donors (Lipinski definition) is 4. The molecule has 0 saturated carbocycles. The van der Waals surface area contributed by atoms with Crippen molar-refractivity contribution in [3.8, 4) is 0 Å². The van der Waals surface area contributed by atoms with Crippen molar-refractivity contribution in [3.63, 3.8) is 0 Å². The molecule has 2 heterocycles. The molecule has 2 aliphatic heterocycles. The van der Waals surface area contributed by atoms with Gasteiger partial charge in [0, 0.05) is 72.7 Å². The minimum Gasteiger partial charge on any atom is -0.458 e. The number of carbonyl (C=O) groups is 5. The molecule has 0 atom stereocenters. The Labute approximate surface area is 397 Å². The minimum atomic E-state index is -2.90. The van der Waals surface area contributed by atoms with Gasteiger partial charge in [-0.1, -0.05) is 82.0 Å². The van der Waals surface area contributed by atoms with Crippen molar-refractivity contribution in [2.24, 2.45) is 4.99 Å². The zero-order chi connectivity index (χ0) is 49.1. The Hall–Kier alpha value is -3.74. The van der Waals surface area contributed by atoms with E-state index in [0.717, 1.165) is 64.2 Å². The van der Waals surface area contributed by atoms with E-state index in [0.29, 0.717) is 41.0 Å². The second-order valence-corrected chi connectivity index (χ2v) is 15.5. The van der Waals surface area contributed by atoms with Crippen LogP contribution in [0.2, 0.25) is 0 Å². The van der Waals surface area contributed by atoms with Gasteiger partial charge in [-0.2, -0.15) is 0 Å². The molecule has 1 saturated heterocycles. The van der Waals surface area contributed by atoms with Gasteiger partial charge < -0.3 is 29.1 Å². The molecule has 16 heteroatoms. The van der Waals surface area contributed by atoms with Crippen LogP contribution in [-0.2, 0) is 40.0 Å². The molecule has 0 aliphatic carbocycles. The van der Waals surface area contributed by atoms with Gasteiger partial charge in [0.2, 0.25) is 17.8 Å². The first-order chi connectivity index (χ1) is 30.4. The number of esters is 2. The van der Waals surface area contributed by atoms with E-state index in [1.165, 1.54) is 0 Å². The minimum absolute atomic E-state index is 0. The Morgan fingerprint density at radius 3 is 1.84 bits per heavy atom. The summed E-state index contributed by atoms with van der Waals surface area (Å²) in [5, 5.41) is 20.1. The van der Waals surface area contributed by atoms with Crippen LogP contribution >= 0.6 is 0 Å². The van der Waals surface area contributed by atoms with Crippen LogP contribution in [0.25, 0.3) is 0 Å². The molecule has 2 aliphatic rings. The Balaban J connectivity index is 0. The monoisotopic (exact) mass is 1090 g/mol. The first-order valence-electron chi connectivity index (χ1n) is 23.6. The molecule has 0 unspecified atom stereocenters. The zero-order valence-corrected chi connectivity index (χ0v) is 40.4. The Morgan fingerprint density at radius 1 is 0.787 bits per heavy atom. The molecule has 344 valence electrons. The average molecular weight is 1090 g/mol. The van der Waals surface area contributed by atoms with Crippen molar-refractivity contribution in [2.75, 3.05) is 33.6 Å². The normalized spacial score (nSPS) is 22.1. The second-order valence-electron chi connectivity index (χ2n) is 15.5. The third kappa shape index (κ3) is 30.9. The van der Waals surface area contributed by atoms with Crippen LogP contribution in [0.3, 0.4) is 0 Å². The predicted molar refractivity (Wildman–Crippen MR) is 236 cm³/mol. The van der Waals surface area contributed by atoms with E-state index in [1.54, 1.807) is 58.9 Å². The van der Waals surface area contributed by atoms with Crippen molar-refractivity contribution in [1.29, 1.82) is 5.41 Å². The number of allylic oxidation sites excluding steroid dienone is 2. The van der Waals surface area contributed by atoms with Gasteiger partial charge in [-0.15, -0.1) is 4.99 Å². The van der Waals surface area contributed by atoms with Crippen molar-refractivity contribution in [3.05, 3.63) is 48.0 Å². The van der Waals surface area contributed by atoms with Gasteiger partial charge in [0.1, 0.15) is 30.9 Å². The number of carbonyl (C=O) groups excluding carboxylic acids is 5. The van der Waals surface area contributed by atoms with E-state index >= 15 is 0 Å². The number of aliphatic hydroxyl groups is 1. The summed E-state index contributed by atoms with van der Waals surface area (Å²) in [5.41, 5.74) is -0.817. The first kappa shape index (κ1) is 48.3. The molecule has 4 N–H and O–H groups in total. The Morgan fingerprint density at radius 2 is 1.26 bits per heavy atom. The molecule has 61 heavy (non-hydrogen) atoms. The van der Waals surface area contributed by atoms with Crippen molar-refractivity contribution in [2.45, 2.75) is 163 Å². The van der Waals surface area contributed by atoms with Gasteiger partial charge in [0.05, 0.1) is 0 Å². The van der Waals surface area contributed by atoms with Crippen molar-refractivity contribution < 1.29 is 82.6 Å². The van der Waals surface area contributed by atoms with Gasteiger partial charge in [-0.3, -0.25) is 35.2 Å². The fourth-order valence-corrected chi connectivity index (χ4v) is 5.79. The molecule has 0 radical (unpaired) electrons. The number of nitrogens with zero attached hydrogens (tertiary/aromatic N) is 3. The topological polar surface area (TPSA) is 200 Å². The van der Waals surface area contributed by atoms with E-state index in [2.05, 4.69) is 27.8 Å². The number of nitrogens with one attached hydrogen (secondary N) is 3. The van der Waals surface area contributed by atoms with Crippen LogP contribution in [-0.4, -0.2) is 102 Å². The van der Waals surface area contributed by atoms with Gasteiger partial charge >= 0.3 is 18.0 Å². The molecule has 0 aromatic heterocycles. The molecular formula is C45H76N6O9U. The van der Waals surface area contributed by atoms with E-state index in [9.17, 15) is 24.0 Å². The third-order valence-electron chi connectivity index (χ3n) is 8.82. The van der Waals surface area contributed by atoms with E-state index < -0.39 is 80.0 Å². The third-order valence-corrected chi connectivity index (χ3v) is 8.82. The van der Waals surface area contributed by atoms with Crippen LogP contribution in [0.15, 0.2) is 47.5 Å². The van der Waals surface area contributed by atoms with Crippen LogP contribution in [0.1, 0.15) is 159 Å². The summed E-state index contributed by atoms with van der Waals surface area (Å²) in [5.74, 6) is -3.68. The van der Waals surface area contributed by atoms with E-state index in [4.69, 9.17) is 33.0 Å². The number of aliphatic hydroxyl groups excluding tert-OH is 1. The van der Waals surface area contributed by atoms with E-state index in [1.807, 2.05) is 6.07 Å². The summed E-state index contributed by atoms with van der Waals surface area (Å²) in [4.78, 5) is 66.7. The molecule has 3 rings (SSSR count). The number of rotatable bonds is 2.